The third-order valence-electron chi connectivity index (χ3n) is 6.03. The van der Waals surface area contributed by atoms with Crippen molar-refractivity contribution in [1.82, 2.24) is 0 Å². The second kappa shape index (κ2) is 7.44. The lowest BCUT2D eigenvalue weighted by Gasteiger charge is -2.35. The molecule has 2 aliphatic rings. The molecule has 2 rings (SSSR count). The summed E-state index contributed by atoms with van der Waals surface area (Å²) in [6.45, 7) is 9.97. The first-order valence-corrected chi connectivity index (χ1v) is 10.6. The summed E-state index contributed by atoms with van der Waals surface area (Å²) in [5, 5.41) is 0. The van der Waals surface area contributed by atoms with E-state index in [9.17, 15) is 0 Å². The van der Waals surface area contributed by atoms with E-state index in [0.717, 1.165) is 29.3 Å². The molecule has 0 spiro atoms. The molecule has 1 aliphatic carbocycles. The van der Waals surface area contributed by atoms with E-state index < -0.39 is 0 Å². The Morgan fingerprint density at radius 1 is 1.05 bits per heavy atom. The minimum atomic E-state index is 0.470. The number of hydrogen-bond donors (Lipinski definition) is 0. The van der Waals surface area contributed by atoms with E-state index in [0.29, 0.717) is 7.92 Å². The summed E-state index contributed by atoms with van der Waals surface area (Å²) in [4.78, 5) is 0. The summed E-state index contributed by atoms with van der Waals surface area (Å²) in [5.41, 5.74) is 1.06. The highest BCUT2D eigenvalue weighted by Crippen LogP contribution is 2.59. The molecule has 1 heterocycles. The van der Waals surface area contributed by atoms with Gasteiger partial charge in [0.1, 0.15) is 0 Å². The zero-order chi connectivity index (χ0) is 13.8. The SMILES string of the molecule is CCC(C)CCC(C(C)CC1CCC1)C(C)P1CC1. The molecule has 0 bridgehead atoms. The summed E-state index contributed by atoms with van der Waals surface area (Å²) in [6, 6.07) is 0. The summed E-state index contributed by atoms with van der Waals surface area (Å²) < 4.78 is 0. The third-order valence-corrected chi connectivity index (χ3v) is 8.53. The van der Waals surface area contributed by atoms with E-state index in [1.54, 1.807) is 18.7 Å². The van der Waals surface area contributed by atoms with Crippen molar-refractivity contribution in [2.45, 2.75) is 78.3 Å². The average Bonchev–Trinajstić information content (AvgIpc) is 3.17. The van der Waals surface area contributed by atoms with E-state index in [4.69, 9.17) is 0 Å². The van der Waals surface area contributed by atoms with Crippen LogP contribution < -0.4 is 0 Å². The van der Waals surface area contributed by atoms with E-state index >= 15 is 0 Å². The standard InChI is InChI=1S/C18H35P/c1-5-14(2)9-10-18(16(4)19-11-12-19)15(3)13-17-7-6-8-17/h14-18H,5-13H2,1-4H3. The summed E-state index contributed by atoms with van der Waals surface area (Å²) >= 11 is 0. The van der Waals surface area contributed by atoms with Gasteiger partial charge in [-0.05, 0) is 54.5 Å². The Kier molecular flexibility index (Phi) is 6.19. The minimum absolute atomic E-state index is 0.470. The Morgan fingerprint density at radius 2 is 1.74 bits per heavy atom. The second-order valence-electron chi connectivity index (χ2n) is 7.54. The highest BCUT2D eigenvalue weighted by atomic mass is 31.1. The monoisotopic (exact) mass is 282 g/mol. The highest BCUT2D eigenvalue weighted by molar-refractivity contribution is 7.65. The Morgan fingerprint density at radius 3 is 2.21 bits per heavy atom. The lowest BCUT2D eigenvalue weighted by atomic mass is 9.74. The van der Waals surface area contributed by atoms with Gasteiger partial charge in [-0.2, -0.15) is 0 Å². The molecule has 112 valence electrons. The lowest BCUT2D eigenvalue weighted by molar-refractivity contribution is 0.201. The molecule has 0 aromatic rings. The summed E-state index contributed by atoms with van der Waals surface area (Å²) in [7, 11) is 0.470. The second-order valence-corrected chi connectivity index (χ2v) is 10.4. The van der Waals surface area contributed by atoms with Crippen LogP contribution in [0.5, 0.6) is 0 Å². The van der Waals surface area contributed by atoms with Gasteiger partial charge in [0.05, 0.1) is 0 Å². The maximum atomic E-state index is 2.59. The maximum absolute atomic E-state index is 2.59. The zero-order valence-electron chi connectivity index (χ0n) is 13.7. The quantitative estimate of drug-likeness (QED) is 0.446. The highest BCUT2D eigenvalue weighted by Gasteiger charge is 2.36. The molecule has 0 aromatic carbocycles. The lowest BCUT2D eigenvalue weighted by Crippen LogP contribution is -2.26. The summed E-state index contributed by atoms with van der Waals surface area (Å²) in [5.74, 6) is 4.08. The fourth-order valence-electron chi connectivity index (χ4n) is 3.85. The van der Waals surface area contributed by atoms with Crippen LogP contribution in [0.1, 0.15) is 72.6 Å². The van der Waals surface area contributed by atoms with Crippen LogP contribution in [0.25, 0.3) is 0 Å². The van der Waals surface area contributed by atoms with Crippen molar-refractivity contribution in [2.24, 2.45) is 23.7 Å². The maximum Gasteiger partial charge on any atom is -0.0206 e. The van der Waals surface area contributed by atoms with Gasteiger partial charge in [0.25, 0.3) is 0 Å². The van der Waals surface area contributed by atoms with E-state index in [1.165, 1.54) is 38.5 Å². The fourth-order valence-corrected chi connectivity index (χ4v) is 6.11. The predicted octanol–water partition coefficient (Wildman–Crippen LogP) is 6.14. The Hall–Kier alpha value is 0.430. The summed E-state index contributed by atoms with van der Waals surface area (Å²) in [6.07, 6.45) is 13.7. The molecule has 0 N–H and O–H groups in total. The average molecular weight is 282 g/mol. The first kappa shape index (κ1) is 15.8. The molecule has 1 aliphatic heterocycles. The van der Waals surface area contributed by atoms with Crippen LogP contribution in [0.3, 0.4) is 0 Å². The molecule has 0 amide bonds. The van der Waals surface area contributed by atoms with Crippen LogP contribution in [-0.2, 0) is 0 Å². The van der Waals surface area contributed by atoms with Gasteiger partial charge in [-0.25, -0.2) is 0 Å². The molecule has 1 heteroatoms. The van der Waals surface area contributed by atoms with Gasteiger partial charge >= 0.3 is 0 Å². The molecular formula is C18H35P. The minimum Gasteiger partial charge on any atom is -0.103 e. The van der Waals surface area contributed by atoms with Crippen molar-refractivity contribution in [3.8, 4) is 0 Å². The molecular weight excluding hydrogens is 247 g/mol. The van der Waals surface area contributed by atoms with Crippen molar-refractivity contribution in [3.63, 3.8) is 0 Å². The van der Waals surface area contributed by atoms with Crippen LogP contribution in [0, 0.1) is 23.7 Å². The van der Waals surface area contributed by atoms with Gasteiger partial charge in [-0.15, -0.1) is 7.92 Å². The number of hydrogen-bond acceptors (Lipinski definition) is 0. The van der Waals surface area contributed by atoms with Crippen molar-refractivity contribution < 1.29 is 0 Å². The molecule has 1 saturated heterocycles. The largest absolute Gasteiger partial charge is 0.103 e. The van der Waals surface area contributed by atoms with E-state index in [2.05, 4.69) is 27.7 Å². The Balaban J connectivity index is 1.83. The van der Waals surface area contributed by atoms with E-state index in [1.807, 2.05) is 0 Å². The van der Waals surface area contributed by atoms with Crippen LogP contribution in [-0.4, -0.2) is 18.0 Å². The van der Waals surface area contributed by atoms with Crippen LogP contribution in [0.15, 0.2) is 0 Å². The number of rotatable bonds is 9. The van der Waals surface area contributed by atoms with Gasteiger partial charge < -0.3 is 0 Å². The normalized spacial score (nSPS) is 26.5. The molecule has 2 fully saturated rings. The predicted molar refractivity (Wildman–Crippen MR) is 89.4 cm³/mol. The molecule has 0 radical (unpaired) electrons. The van der Waals surface area contributed by atoms with Gasteiger partial charge in [0.2, 0.25) is 0 Å². The third kappa shape index (κ3) is 4.73. The van der Waals surface area contributed by atoms with Crippen LogP contribution >= 0.6 is 7.92 Å². The van der Waals surface area contributed by atoms with E-state index in [-0.39, 0.29) is 0 Å². The molecule has 0 aromatic heterocycles. The van der Waals surface area contributed by atoms with Gasteiger partial charge in [0.15, 0.2) is 0 Å². The molecule has 0 nitrogen and oxygen atoms in total. The van der Waals surface area contributed by atoms with Crippen molar-refractivity contribution >= 4 is 7.92 Å². The fraction of sp³-hybridized carbons (Fsp3) is 1.00. The van der Waals surface area contributed by atoms with Crippen LogP contribution in [0.2, 0.25) is 0 Å². The Bertz CT molecular complexity index is 254. The zero-order valence-corrected chi connectivity index (χ0v) is 14.6. The molecule has 4 atom stereocenters. The first-order chi connectivity index (χ1) is 9.11. The van der Waals surface area contributed by atoms with Gasteiger partial charge in [0, 0.05) is 0 Å². The first-order valence-electron chi connectivity index (χ1n) is 8.85. The van der Waals surface area contributed by atoms with Crippen LogP contribution in [0.4, 0.5) is 0 Å². The Labute approximate surface area is 122 Å². The van der Waals surface area contributed by atoms with Gasteiger partial charge in [-0.1, -0.05) is 59.8 Å². The topological polar surface area (TPSA) is 0 Å². The molecule has 1 saturated carbocycles. The molecule has 4 unspecified atom stereocenters. The van der Waals surface area contributed by atoms with Crippen molar-refractivity contribution in [3.05, 3.63) is 0 Å². The molecule has 19 heavy (non-hydrogen) atoms. The van der Waals surface area contributed by atoms with Gasteiger partial charge in [-0.3, -0.25) is 0 Å². The smallest absolute Gasteiger partial charge is 0.0206 e. The van der Waals surface area contributed by atoms with Crippen molar-refractivity contribution in [1.29, 1.82) is 0 Å². The van der Waals surface area contributed by atoms with Crippen molar-refractivity contribution in [2.75, 3.05) is 12.3 Å².